The molecule has 0 aromatic heterocycles. The molecule has 0 spiro atoms. The molecule has 5 atom stereocenters. The lowest BCUT2D eigenvalue weighted by Crippen LogP contribution is -2.36. The molecule has 2 aliphatic carbocycles. The fraction of sp³-hybridized carbons (Fsp3) is 0.571. The summed E-state index contributed by atoms with van der Waals surface area (Å²) in [5.74, 6) is -0.450. The number of nitrogens with zero attached hydrogens (tertiary/aromatic N) is 1. The standard InChI is InChI=1S/C21H24N2O4/c24-19(17-13-10-15-16(11-13)27-21(26)18(15)17)22-14-6-4-5-12(9-14)20(25)23-7-2-1-3-8-23/h4-6,9,13,15-18H,1-3,7-8,10-11H2,(H,22,24)/t13-,15-,16-,17+,18+/m1/s1. The van der Waals surface area contributed by atoms with Crippen LogP contribution in [0.4, 0.5) is 5.69 Å². The number of rotatable bonds is 3. The molecule has 2 saturated carbocycles. The van der Waals surface area contributed by atoms with Crippen LogP contribution in [0.1, 0.15) is 42.5 Å². The van der Waals surface area contributed by atoms with Gasteiger partial charge in [0.1, 0.15) is 6.10 Å². The molecule has 0 radical (unpaired) electrons. The smallest absolute Gasteiger partial charge is 0.310 e. The summed E-state index contributed by atoms with van der Waals surface area (Å²) in [4.78, 5) is 39.6. The molecule has 2 aliphatic heterocycles. The van der Waals surface area contributed by atoms with Gasteiger partial charge in [-0.1, -0.05) is 6.07 Å². The van der Waals surface area contributed by atoms with Crippen LogP contribution in [0.25, 0.3) is 0 Å². The van der Waals surface area contributed by atoms with Crippen molar-refractivity contribution in [3.05, 3.63) is 29.8 Å². The van der Waals surface area contributed by atoms with Gasteiger partial charge in [0.25, 0.3) is 5.91 Å². The topological polar surface area (TPSA) is 75.7 Å². The van der Waals surface area contributed by atoms with Crippen LogP contribution in [0, 0.1) is 23.7 Å². The number of hydrogen-bond acceptors (Lipinski definition) is 4. The van der Waals surface area contributed by atoms with Crippen LogP contribution in [-0.4, -0.2) is 41.9 Å². The van der Waals surface area contributed by atoms with E-state index in [0.717, 1.165) is 38.8 Å². The average molecular weight is 368 g/mol. The van der Waals surface area contributed by atoms with Crippen LogP contribution in [0.15, 0.2) is 24.3 Å². The second-order valence-electron chi connectivity index (χ2n) is 8.35. The maximum Gasteiger partial charge on any atom is 0.310 e. The number of likely N-dealkylation sites (tertiary alicyclic amines) is 1. The molecule has 5 rings (SSSR count). The summed E-state index contributed by atoms with van der Waals surface area (Å²) in [5, 5.41) is 2.95. The molecule has 2 heterocycles. The van der Waals surface area contributed by atoms with Gasteiger partial charge in [-0.05, 0) is 56.2 Å². The highest BCUT2D eigenvalue weighted by Gasteiger charge is 2.63. The minimum absolute atomic E-state index is 0.0212. The fourth-order valence-corrected chi connectivity index (χ4v) is 5.60. The summed E-state index contributed by atoms with van der Waals surface area (Å²) >= 11 is 0. The van der Waals surface area contributed by atoms with Crippen molar-refractivity contribution in [2.75, 3.05) is 18.4 Å². The highest BCUT2D eigenvalue weighted by molar-refractivity contribution is 5.99. The van der Waals surface area contributed by atoms with Crippen LogP contribution >= 0.6 is 0 Å². The summed E-state index contributed by atoms with van der Waals surface area (Å²) in [6, 6.07) is 7.14. The summed E-state index contributed by atoms with van der Waals surface area (Å²) < 4.78 is 5.42. The van der Waals surface area contributed by atoms with E-state index in [0.29, 0.717) is 11.3 Å². The molecular weight excluding hydrogens is 344 g/mol. The number of carbonyl (C=O) groups is 3. The maximum absolute atomic E-state index is 12.9. The highest BCUT2D eigenvalue weighted by atomic mass is 16.6. The molecule has 1 N–H and O–H groups in total. The predicted octanol–water partition coefficient (Wildman–Crippen LogP) is 2.45. The zero-order valence-corrected chi connectivity index (χ0v) is 15.2. The van der Waals surface area contributed by atoms with Crippen LogP contribution < -0.4 is 5.32 Å². The Hall–Kier alpha value is -2.37. The van der Waals surface area contributed by atoms with E-state index in [9.17, 15) is 14.4 Å². The molecule has 27 heavy (non-hydrogen) atoms. The highest BCUT2D eigenvalue weighted by Crippen LogP contribution is 2.57. The van der Waals surface area contributed by atoms with E-state index in [2.05, 4.69) is 5.32 Å². The lowest BCUT2D eigenvalue weighted by molar-refractivity contribution is -0.145. The van der Waals surface area contributed by atoms with Gasteiger partial charge in [0, 0.05) is 30.3 Å². The number of carbonyl (C=O) groups excluding carboxylic acids is 3. The largest absolute Gasteiger partial charge is 0.462 e. The van der Waals surface area contributed by atoms with Crippen molar-refractivity contribution in [3.8, 4) is 0 Å². The first-order valence-corrected chi connectivity index (χ1v) is 10.0. The van der Waals surface area contributed by atoms with Gasteiger partial charge in [-0.2, -0.15) is 0 Å². The molecule has 142 valence electrons. The lowest BCUT2D eigenvalue weighted by atomic mass is 9.79. The van der Waals surface area contributed by atoms with E-state index >= 15 is 0 Å². The number of hydrogen-bond donors (Lipinski definition) is 1. The molecule has 2 bridgehead atoms. The molecule has 4 aliphatic rings. The van der Waals surface area contributed by atoms with Gasteiger partial charge in [0.05, 0.1) is 11.8 Å². The van der Waals surface area contributed by atoms with Crippen molar-refractivity contribution in [1.82, 2.24) is 4.90 Å². The minimum Gasteiger partial charge on any atom is -0.462 e. The molecule has 2 saturated heterocycles. The Morgan fingerprint density at radius 3 is 2.74 bits per heavy atom. The van der Waals surface area contributed by atoms with Crippen molar-refractivity contribution in [1.29, 1.82) is 0 Å². The van der Waals surface area contributed by atoms with Gasteiger partial charge in [-0.15, -0.1) is 0 Å². The fourth-order valence-electron chi connectivity index (χ4n) is 5.60. The first kappa shape index (κ1) is 16.8. The van der Waals surface area contributed by atoms with Crippen molar-refractivity contribution in [2.24, 2.45) is 23.7 Å². The zero-order chi connectivity index (χ0) is 18.5. The number of benzene rings is 1. The summed E-state index contributed by atoms with van der Waals surface area (Å²) in [6.07, 6.45) is 5.01. The number of fused-ring (bicyclic) bond motifs is 1. The molecule has 0 unspecified atom stereocenters. The normalized spacial score (nSPS) is 33.9. The Kier molecular flexibility index (Phi) is 3.95. The molecule has 4 fully saturated rings. The third-order valence-electron chi connectivity index (χ3n) is 6.81. The second kappa shape index (κ2) is 6.36. The average Bonchev–Trinajstić information content (AvgIpc) is 3.31. The third-order valence-corrected chi connectivity index (χ3v) is 6.81. The van der Waals surface area contributed by atoms with Gasteiger partial charge in [-0.3, -0.25) is 14.4 Å². The van der Waals surface area contributed by atoms with Crippen LogP contribution in [-0.2, 0) is 14.3 Å². The van der Waals surface area contributed by atoms with Gasteiger partial charge in [-0.25, -0.2) is 0 Å². The lowest BCUT2D eigenvalue weighted by Gasteiger charge is -2.27. The van der Waals surface area contributed by atoms with Crippen molar-refractivity contribution in [3.63, 3.8) is 0 Å². The zero-order valence-electron chi connectivity index (χ0n) is 15.2. The number of anilines is 1. The Labute approximate surface area is 158 Å². The summed E-state index contributed by atoms with van der Waals surface area (Å²) in [7, 11) is 0. The number of piperidine rings is 1. The minimum atomic E-state index is -0.303. The van der Waals surface area contributed by atoms with Gasteiger partial charge in [0.15, 0.2) is 0 Å². The van der Waals surface area contributed by atoms with Crippen molar-refractivity contribution in [2.45, 2.75) is 38.2 Å². The Morgan fingerprint density at radius 2 is 1.93 bits per heavy atom. The second-order valence-corrected chi connectivity index (χ2v) is 8.35. The number of amides is 2. The van der Waals surface area contributed by atoms with E-state index in [4.69, 9.17) is 4.74 Å². The first-order chi connectivity index (χ1) is 13.1. The monoisotopic (exact) mass is 368 g/mol. The van der Waals surface area contributed by atoms with Gasteiger partial charge >= 0.3 is 5.97 Å². The maximum atomic E-state index is 12.9. The van der Waals surface area contributed by atoms with E-state index < -0.39 is 0 Å². The SMILES string of the molecule is O=C(Nc1cccc(C(=O)N2CCCCC2)c1)[C@H]1[C@@H]2C[C@H]3[C@@H]1C(=O)O[C@@H]3C2. The Morgan fingerprint density at radius 1 is 1.11 bits per heavy atom. The molecular formula is C21H24N2O4. The molecule has 2 amide bonds. The van der Waals surface area contributed by atoms with E-state index in [1.165, 1.54) is 6.42 Å². The Balaban J connectivity index is 1.30. The van der Waals surface area contributed by atoms with Crippen molar-refractivity contribution < 1.29 is 19.1 Å². The van der Waals surface area contributed by atoms with Crippen LogP contribution in [0.5, 0.6) is 0 Å². The quantitative estimate of drug-likeness (QED) is 0.832. The summed E-state index contributed by atoms with van der Waals surface area (Å²) in [6.45, 7) is 1.59. The van der Waals surface area contributed by atoms with E-state index in [1.54, 1.807) is 24.3 Å². The third kappa shape index (κ3) is 2.73. The first-order valence-electron chi connectivity index (χ1n) is 10.0. The molecule has 6 heteroatoms. The van der Waals surface area contributed by atoms with E-state index in [-0.39, 0.29) is 47.6 Å². The molecule has 6 nitrogen and oxygen atoms in total. The molecule has 1 aromatic carbocycles. The van der Waals surface area contributed by atoms with Gasteiger partial charge in [0.2, 0.25) is 5.91 Å². The Bertz CT molecular complexity index is 799. The number of ether oxygens (including phenoxy) is 1. The molecule has 1 aromatic rings. The number of nitrogens with one attached hydrogen (secondary N) is 1. The number of esters is 1. The van der Waals surface area contributed by atoms with Gasteiger partial charge < -0.3 is 15.0 Å². The van der Waals surface area contributed by atoms with Crippen LogP contribution in [0.2, 0.25) is 0 Å². The predicted molar refractivity (Wildman–Crippen MR) is 97.9 cm³/mol. The van der Waals surface area contributed by atoms with Crippen molar-refractivity contribution >= 4 is 23.5 Å². The van der Waals surface area contributed by atoms with E-state index in [1.807, 2.05) is 4.90 Å². The summed E-state index contributed by atoms with van der Waals surface area (Å²) in [5.41, 5.74) is 1.22. The van der Waals surface area contributed by atoms with Crippen LogP contribution in [0.3, 0.4) is 0 Å².